The summed E-state index contributed by atoms with van der Waals surface area (Å²) in [6.07, 6.45) is 6.39. The fourth-order valence-electron chi connectivity index (χ4n) is 1.41. The summed E-state index contributed by atoms with van der Waals surface area (Å²) in [6, 6.07) is 3.82. The summed E-state index contributed by atoms with van der Waals surface area (Å²) in [5.41, 5.74) is 0. The molecule has 0 N–H and O–H groups in total. The molecule has 0 aromatic carbocycles. The number of unbranched alkanes of at least 4 members (excludes halogenated alkanes) is 4. The Labute approximate surface area is 100 Å². The topological polar surface area (TPSA) is 22.4 Å². The molecule has 86 valence electrons. The first-order valence-corrected chi connectivity index (χ1v) is 6.44. The normalized spacial score (nSPS) is 10.8. The molecule has 0 aliphatic carbocycles. The predicted molar refractivity (Wildman–Crippen MR) is 64.8 cm³/mol. The van der Waals surface area contributed by atoms with Crippen molar-refractivity contribution >= 4 is 15.9 Å². The molecule has 0 amide bonds. The second kappa shape index (κ2) is 7.94. The van der Waals surface area contributed by atoms with Crippen LogP contribution >= 0.6 is 15.9 Å². The molecule has 3 heteroatoms. The van der Waals surface area contributed by atoms with Gasteiger partial charge in [0.05, 0.1) is 0 Å². The molecule has 0 radical (unpaired) electrons. The van der Waals surface area contributed by atoms with Gasteiger partial charge in [0, 0.05) is 6.61 Å². The number of hydrogen-bond acceptors (Lipinski definition) is 2. The number of halogens is 1. The molecular formula is C12H19BrO2. The van der Waals surface area contributed by atoms with Gasteiger partial charge in [0.2, 0.25) is 0 Å². The van der Waals surface area contributed by atoms with Crippen LogP contribution in [0.3, 0.4) is 0 Å². The van der Waals surface area contributed by atoms with E-state index in [0.29, 0.717) is 6.61 Å². The maximum atomic E-state index is 5.50. The Balaban J connectivity index is 1.93. The summed E-state index contributed by atoms with van der Waals surface area (Å²) >= 11 is 3.26. The highest BCUT2D eigenvalue weighted by atomic mass is 79.9. The van der Waals surface area contributed by atoms with Crippen LogP contribution in [0.5, 0.6) is 0 Å². The summed E-state index contributed by atoms with van der Waals surface area (Å²) in [6.45, 7) is 3.65. The quantitative estimate of drug-likeness (QED) is 0.650. The first-order valence-electron chi connectivity index (χ1n) is 5.65. The van der Waals surface area contributed by atoms with Gasteiger partial charge in [-0.05, 0) is 34.5 Å². The summed E-state index contributed by atoms with van der Waals surface area (Å²) in [5.74, 6) is 0.885. The van der Waals surface area contributed by atoms with Crippen LogP contribution in [0.25, 0.3) is 0 Å². The van der Waals surface area contributed by atoms with Gasteiger partial charge in [0.15, 0.2) is 4.67 Å². The molecule has 15 heavy (non-hydrogen) atoms. The Morgan fingerprint density at radius 2 is 2.00 bits per heavy atom. The fraction of sp³-hybridized carbons (Fsp3) is 0.667. The number of ether oxygens (including phenoxy) is 1. The third-order valence-corrected chi connectivity index (χ3v) is 2.69. The van der Waals surface area contributed by atoms with Crippen LogP contribution < -0.4 is 0 Å². The highest BCUT2D eigenvalue weighted by Crippen LogP contribution is 2.14. The zero-order chi connectivity index (χ0) is 10.9. The summed E-state index contributed by atoms with van der Waals surface area (Å²) < 4.78 is 11.6. The van der Waals surface area contributed by atoms with Gasteiger partial charge in [-0.25, -0.2) is 0 Å². The van der Waals surface area contributed by atoms with Crippen LogP contribution in [0, 0.1) is 0 Å². The highest BCUT2D eigenvalue weighted by Gasteiger charge is 1.98. The van der Waals surface area contributed by atoms with Gasteiger partial charge in [-0.1, -0.05) is 32.6 Å². The summed E-state index contributed by atoms with van der Waals surface area (Å²) in [7, 11) is 0. The lowest BCUT2D eigenvalue weighted by atomic mass is 10.2. The van der Waals surface area contributed by atoms with Gasteiger partial charge < -0.3 is 9.15 Å². The Hall–Kier alpha value is -0.280. The molecule has 0 aliphatic rings. The van der Waals surface area contributed by atoms with Crippen molar-refractivity contribution in [1.29, 1.82) is 0 Å². The molecule has 0 spiro atoms. The van der Waals surface area contributed by atoms with Crippen LogP contribution in [0.1, 0.15) is 44.8 Å². The third-order valence-electron chi connectivity index (χ3n) is 2.27. The van der Waals surface area contributed by atoms with E-state index < -0.39 is 0 Å². The van der Waals surface area contributed by atoms with Gasteiger partial charge in [-0.15, -0.1) is 0 Å². The standard InChI is InChI=1S/C12H19BrO2/c1-2-3-4-5-6-9-14-10-11-7-8-12(13)15-11/h7-8H,2-6,9-10H2,1H3. The molecule has 0 aliphatic heterocycles. The first kappa shape index (κ1) is 12.8. The SMILES string of the molecule is CCCCCCCOCc1ccc(Br)o1. The molecule has 1 aromatic heterocycles. The zero-order valence-electron chi connectivity index (χ0n) is 9.30. The fourth-order valence-corrected chi connectivity index (χ4v) is 1.75. The van der Waals surface area contributed by atoms with E-state index in [4.69, 9.17) is 9.15 Å². The van der Waals surface area contributed by atoms with Crippen LogP contribution in [-0.2, 0) is 11.3 Å². The molecule has 1 heterocycles. The molecule has 0 saturated carbocycles. The van der Waals surface area contributed by atoms with Gasteiger partial charge in [-0.2, -0.15) is 0 Å². The smallest absolute Gasteiger partial charge is 0.169 e. The molecule has 2 nitrogen and oxygen atoms in total. The van der Waals surface area contributed by atoms with Gasteiger partial charge >= 0.3 is 0 Å². The van der Waals surface area contributed by atoms with E-state index in [1.807, 2.05) is 12.1 Å². The van der Waals surface area contributed by atoms with Gasteiger partial charge in [0.1, 0.15) is 12.4 Å². The Morgan fingerprint density at radius 3 is 2.67 bits per heavy atom. The van der Waals surface area contributed by atoms with E-state index in [1.54, 1.807) is 0 Å². The first-order chi connectivity index (χ1) is 7.33. The van der Waals surface area contributed by atoms with Crippen molar-refractivity contribution in [1.82, 2.24) is 0 Å². The number of furan rings is 1. The van der Waals surface area contributed by atoms with Crippen molar-refractivity contribution in [3.05, 3.63) is 22.6 Å². The van der Waals surface area contributed by atoms with Gasteiger partial charge in [0.25, 0.3) is 0 Å². The van der Waals surface area contributed by atoms with Gasteiger partial charge in [-0.3, -0.25) is 0 Å². The molecule has 0 unspecified atom stereocenters. The Kier molecular flexibility index (Phi) is 6.77. The average molecular weight is 275 g/mol. The predicted octanol–water partition coefficient (Wildman–Crippen LogP) is 4.53. The number of rotatable bonds is 8. The molecule has 1 aromatic rings. The summed E-state index contributed by atoms with van der Waals surface area (Å²) in [5, 5.41) is 0. The molecular weight excluding hydrogens is 256 g/mol. The Morgan fingerprint density at radius 1 is 1.20 bits per heavy atom. The van der Waals surface area contributed by atoms with Crippen molar-refractivity contribution in [2.45, 2.75) is 45.6 Å². The van der Waals surface area contributed by atoms with Crippen LogP contribution in [-0.4, -0.2) is 6.61 Å². The molecule has 1 rings (SSSR count). The van der Waals surface area contributed by atoms with Crippen molar-refractivity contribution in [3.8, 4) is 0 Å². The minimum Gasteiger partial charge on any atom is -0.452 e. The lowest BCUT2D eigenvalue weighted by molar-refractivity contribution is 0.102. The maximum Gasteiger partial charge on any atom is 0.169 e. The third kappa shape index (κ3) is 6.00. The molecule has 0 bridgehead atoms. The van der Waals surface area contributed by atoms with Crippen molar-refractivity contribution in [2.24, 2.45) is 0 Å². The van der Waals surface area contributed by atoms with Crippen molar-refractivity contribution in [3.63, 3.8) is 0 Å². The highest BCUT2D eigenvalue weighted by molar-refractivity contribution is 9.10. The molecule has 0 fully saturated rings. The largest absolute Gasteiger partial charge is 0.452 e. The molecule has 0 atom stereocenters. The van der Waals surface area contributed by atoms with E-state index in [-0.39, 0.29) is 0 Å². The van der Waals surface area contributed by atoms with Crippen LogP contribution in [0.2, 0.25) is 0 Å². The molecule has 0 saturated heterocycles. The van der Waals surface area contributed by atoms with Crippen molar-refractivity contribution < 1.29 is 9.15 Å². The zero-order valence-corrected chi connectivity index (χ0v) is 10.9. The lowest BCUT2D eigenvalue weighted by Gasteiger charge is -2.01. The minimum atomic E-state index is 0.583. The minimum absolute atomic E-state index is 0.583. The second-order valence-corrected chi connectivity index (χ2v) is 4.45. The number of hydrogen-bond donors (Lipinski definition) is 0. The Bertz CT molecular complexity index is 258. The van der Waals surface area contributed by atoms with Crippen LogP contribution in [0.4, 0.5) is 0 Å². The van der Waals surface area contributed by atoms with E-state index in [0.717, 1.165) is 23.5 Å². The van der Waals surface area contributed by atoms with E-state index in [2.05, 4.69) is 22.9 Å². The average Bonchev–Trinajstić information content (AvgIpc) is 2.63. The van der Waals surface area contributed by atoms with Crippen LogP contribution in [0.15, 0.2) is 21.2 Å². The maximum absolute atomic E-state index is 5.50. The van der Waals surface area contributed by atoms with E-state index in [1.165, 1.54) is 25.7 Å². The summed E-state index contributed by atoms with van der Waals surface area (Å²) in [4.78, 5) is 0. The van der Waals surface area contributed by atoms with E-state index in [9.17, 15) is 0 Å². The second-order valence-electron chi connectivity index (χ2n) is 3.67. The van der Waals surface area contributed by atoms with Crippen molar-refractivity contribution in [2.75, 3.05) is 6.61 Å². The lowest BCUT2D eigenvalue weighted by Crippen LogP contribution is -1.94. The van der Waals surface area contributed by atoms with E-state index >= 15 is 0 Å². The monoisotopic (exact) mass is 274 g/mol.